The molecule has 0 spiro atoms. The van der Waals surface area contributed by atoms with Crippen LogP contribution in [0.2, 0.25) is 0 Å². The molecular weight excluding hydrogens is 324 g/mol. The highest BCUT2D eigenvalue weighted by Gasteiger charge is 2.23. The van der Waals surface area contributed by atoms with E-state index in [1.54, 1.807) is 26.4 Å². The summed E-state index contributed by atoms with van der Waals surface area (Å²) in [6, 6.07) is 3.80. The van der Waals surface area contributed by atoms with E-state index in [4.69, 9.17) is 8.94 Å². The first-order valence-electron chi connectivity index (χ1n) is 6.50. The maximum atomic E-state index is 12.3. The average molecular weight is 338 g/mol. The van der Waals surface area contributed by atoms with Gasteiger partial charge in [-0.3, -0.25) is 0 Å². The first kappa shape index (κ1) is 15.0. The van der Waals surface area contributed by atoms with Crippen LogP contribution in [0.15, 0.2) is 43.9 Å². The molecule has 0 radical (unpaired) electrons. The Morgan fingerprint density at radius 1 is 1.32 bits per heavy atom. The zero-order valence-corrected chi connectivity index (χ0v) is 13.6. The molecule has 3 aromatic rings. The van der Waals surface area contributed by atoms with Gasteiger partial charge < -0.3 is 8.94 Å². The third-order valence-electron chi connectivity index (χ3n) is 3.18. The maximum absolute atomic E-state index is 12.3. The van der Waals surface area contributed by atoms with Crippen LogP contribution in [0, 0.1) is 13.8 Å². The Bertz CT molecular complexity index is 856. The molecule has 0 bridgehead atoms. The predicted octanol–water partition coefficient (Wildman–Crippen LogP) is 3.09. The molecule has 22 heavy (non-hydrogen) atoms. The van der Waals surface area contributed by atoms with Gasteiger partial charge in [-0.05, 0) is 36.9 Å². The highest BCUT2D eigenvalue weighted by Crippen LogP contribution is 2.26. The minimum Gasteiger partial charge on any atom is -0.472 e. The van der Waals surface area contributed by atoms with E-state index < -0.39 is 10.0 Å². The number of rotatable bonds is 5. The SMILES string of the molecule is Cc1noc(C)c1S(=O)(=O)NCc1cc(-c2ccoc2)cs1. The van der Waals surface area contributed by atoms with Gasteiger partial charge in [-0.25, -0.2) is 13.1 Å². The zero-order chi connectivity index (χ0) is 15.7. The largest absolute Gasteiger partial charge is 0.472 e. The van der Waals surface area contributed by atoms with Gasteiger partial charge in [0.25, 0.3) is 0 Å². The second kappa shape index (κ2) is 5.71. The third kappa shape index (κ3) is 2.85. The molecule has 0 saturated heterocycles. The van der Waals surface area contributed by atoms with Crippen LogP contribution in [0.25, 0.3) is 11.1 Å². The van der Waals surface area contributed by atoms with Crippen molar-refractivity contribution in [3.05, 3.63) is 46.4 Å². The molecule has 3 aromatic heterocycles. The molecule has 0 atom stereocenters. The van der Waals surface area contributed by atoms with E-state index in [2.05, 4.69) is 9.88 Å². The van der Waals surface area contributed by atoms with Gasteiger partial charge in [0.05, 0.1) is 12.5 Å². The summed E-state index contributed by atoms with van der Waals surface area (Å²) in [6.07, 6.45) is 3.26. The van der Waals surface area contributed by atoms with Crippen molar-refractivity contribution in [2.75, 3.05) is 0 Å². The maximum Gasteiger partial charge on any atom is 0.246 e. The molecule has 0 fully saturated rings. The second-order valence-corrected chi connectivity index (χ2v) is 7.49. The Kier molecular flexibility index (Phi) is 3.90. The van der Waals surface area contributed by atoms with Crippen LogP contribution < -0.4 is 4.72 Å². The lowest BCUT2D eigenvalue weighted by Gasteiger charge is -2.04. The number of nitrogens with zero attached hydrogens (tertiary/aromatic N) is 1. The van der Waals surface area contributed by atoms with E-state index in [0.29, 0.717) is 5.69 Å². The Balaban J connectivity index is 1.75. The van der Waals surface area contributed by atoms with Gasteiger partial charge >= 0.3 is 0 Å². The summed E-state index contributed by atoms with van der Waals surface area (Å²) < 4.78 is 37.2. The summed E-state index contributed by atoms with van der Waals surface area (Å²) in [5, 5.41) is 5.64. The van der Waals surface area contributed by atoms with E-state index >= 15 is 0 Å². The number of hydrogen-bond acceptors (Lipinski definition) is 6. The molecular formula is C14H14N2O4S2. The number of sulfonamides is 1. The topological polar surface area (TPSA) is 85.3 Å². The summed E-state index contributed by atoms with van der Waals surface area (Å²) in [6.45, 7) is 3.40. The second-order valence-electron chi connectivity index (χ2n) is 4.79. The van der Waals surface area contributed by atoms with Crippen LogP contribution in [0.3, 0.4) is 0 Å². The highest BCUT2D eigenvalue weighted by molar-refractivity contribution is 7.89. The molecule has 0 aliphatic rings. The molecule has 0 aliphatic carbocycles. The van der Waals surface area contributed by atoms with E-state index in [1.807, 2.05) is 17.5 Å². The lowest BCUT2D eigenvalue weighted by atomic mass is 10.2. The average Bonchev–Trinajstić information content (AvgIpc) is 3.17. The number of aromatic nitrogens is 1. The standard InChI is InChI=1S/C14H14N2O4S2/c1-9-14(10(2)20-16-9)22(17,18)15-6-13-5-12(8-21-13)11-3-4-19-7-11/h3-5,7-8,15H,6H2,1-2H3. The van der Waals surface area contributed by atoms with Crippen molar-refractivity contribution >= 4 is 21.4 Å². The van der Waals surface area contributed by atoms with Crippen LogP contribution in [0.5, 0.6) is 0 Å². The highest BCUT2D eigenvalue weighted by atomic mass is 32.2. The lowest BCUT2D eigenvalue weighted by Crippen LogP contribution is -2.23. The first-order valence-corrected chi connectivity index (χ1v) is 8.86. The summed E-state index contributed by atoms with van der Waals surface area (Å²) in [5.41, 5.74) is 2.33. The molecule has 0 saturated carbocycles. The van der Waals surface area contributed by atoms with Gasteiger partial charge in [-0.2, -0.15) is 0 Å². The van der Waals surface area contributed by atoms with Crippen molar-refractivity contribution in [1.29, 1.82) is 0 Å². The minimum absolute atomic E-state index is 0.110. The normalized spacial score (nSPS) is 11.9. The summed E-state index contributed by atoms with van der Waals surface area (Å²) in [5.74, 6) is 0.287. The molecule has 0 aromatic carbocycles. The minimum atomic E-state index is -3.64. The Morgan fingerprint density at radius 3 is 2.77 bits per heavy atom. The molecule has 0 amide bonds. The first-order chi connectivity index (χ1) is 10.5. The summed E-state index contributed by atoms with van der Waals surface area (Å²) in [7, 11) is -3.64. The van der Waals surface area contributed by atoms with Crippen LogP contribution in [0.4, 0.5) is 0 Å². The van der Waals surface area contributed by atoms with Gasteiger partial charge in [-0.15, -0.1) is 11.3 Å². The van der Waals surface area contributed by atoms with E-state index in [-0.39, 0.29) is 17.2 Å². The Hall–Kier alpha value is -1.90. The Labute approximate surface area is 131 Å². The van der Waals surface area contributed by atoms with Crippen LogP contribution in [-0.2, 0) is 16.6 Å². The van der Waals surface area contributed by atoms with Crippen molar-refractivity contribution < 1.29 is 17.4 Å². The molecule has 116 valence electrons. The molecule has 3 rings (SSSR count). The van der Waals surface area contributed by atoms with E-state index in [1.165, 1.54) is 11.3 Å². The van der Waals surface area contributed by atoms with Crippen molar-refractivity contribution in [1.82, 2.24) is 9.88 Å². The predicted molar refractivity (Wildman–Crippen MR) is 82.0 cm³/mol. The van der Waals surface area contributed by atoms with Gasteiger partial charge in [0, 0.05) is 17.0 Å². The molecule has 0 aliphatic heterocycles. The van der Waals surface area contributed by atoms with E-state index in [9.17, 15) is 8.42 Å². The monoisotopic (exact) mass is 338 g/mol. The summed E-state index contributed by atoms with van der Waals surface area (Å²) >= 11 is 1.49. The fraction of sp³-hybridized carbons (Fsp3) is 0.214. The molecule has 1 N–H and O–H groups in total. The van der Waals surface area contributed by atoms with Crippen LogP contribution >= 0.6 is 11.3 Å². The zero-order valence-electron chi connectivity index (χ0n) is 12.0. The number of thiophene rings is 1. The third-order valence-corrected chi connectivity index (χ3v) is 5.76. The summed E-state index contributed by atoms with van der Waals surface area (Å²) in [4.78, 5) is 1.02. The smallest absolute Gasteiger partial charge is 0.246 e. The van der Waals surface area contributed by atoms with Crippen LogP contribution in [0.1, 0.15) is 16.3 Å². The molecule has 3 heterocycles. The van der Waals surface area contributed by atoms with Gasteiger partial charge in [0.2, 0.25) is 10.0 Å². The van der Waals surface area contributed by atoms with Crippen molar-refractivity contribution in [3.8, 4) is 11.1 Å². The number of furan rings is 1. The van der Waals surface area contributed by atoms with Gasteiger partial charge in [0.15, 0.2) is 5.76 Å². The molecule has 6 nitrogen and oxygen atoms in total. The van der Waals surface area contributed by atoms with Crippen molar-refractivity contribution in [2.45, 2.75) is 25.3 Å². The molecule has 8 heteroatoms. The van der Waals surface area contributed by atoms with Crippen molar-refractivity contribution in [2.24, 2.45) is 0 Å². The Morgan fingerprint density at radius 2 is 2.14 bits per heavy atom. The number of hydrogen-bond donors (Lipinski definition) is 1. The number of nitrogens with one attached hydrogen (secondary N) is 1. The van der Waals surface area contributed by atoms with Crippen LogP contribution in [-0.4, -0.2) is 13.6 Å². The fourth-order valence-corrected chi connectivity index (χ4v) is 4.41. The molecule has 0 unspecified atom stereocenters. The van der Waals surface area contributed by atoms with E-state index in [0.717, 1.165) is 16.0 Å². The fourth-order valence-electron chi connectivity index (χ4n) is 2.15. The van der Waals surface area contributed by atoms with Gasteiger partial charge in [-0.1, -0.05) is 5.16 Å². The number of aryl methyl sites for hydroxylation is 2. The lowest BCUT2D eigenvalue weighted by molar-refractivity contribution is 0.390. The van der Waals surface area contributed by atoms with Crippen molar-refractivity contribution in [3.63, 3.8) is 0 Å². The van der Waals surface area contributed by atoms with Gasteiger partial charge in [0.1, 0.15) is 10.6 Å². The quantitative estimate of drug-likeness (QED) is 0.772.